The lowest BCUT2D eigenvalue weighted by molar-refractivity contribution is -0.140. The van der Waals surface area contributed by atoms with E-state index in [1.807, 2.05) is 65.5 Å². The molecule has 0 spiro atoms. The van der Waals surface area contributed by atoms with Crippen molar-refractivity contribution < 1.29 is 19.5 Å². The van der Waals surface area contributed by atoms with Gasteiger partial charge in [-0.3, -0.25) is 9.59 Å². The van der Waals surface area contributed by atoms with E-state index in [0.29, 0.717) is 6.42 Å². The molecule has 9 nitrogen and oxygen atoms in total. The van der Waals surface area contributed by atoms with Gasteiger partial charge >= 0.3 is 5.97 Å². The number of aliphatic carboxylic acids is 1. The molecule has 2 aromatic rings. The third-order valence-electron chi connectivity index (χ3n) is 7.09. The Balaban J connectivity index is 2.33. The quantitative estimate of drug-likeness (QED) is 0.333. The summed E-state index contributed by atoms with van der Waals surface area (Å²) in [7, 11) is 7.25. The van der Waals surface area contributed by atoms with E-state index in [9.17, 15) is 19.5 Å². The van der Waals surface area contributed by atoms with Crippen LogP contribution in [0.4, 0.5) is 5.69 Å². The van der Waals surface area contributed by atoms with Gasteiger partial charge in [-0.1, -0.05) is 40.7 Å². The molecular weight excluding hydrogens is 482 g/mol. The molecule has 1 aromatic heterocycles. The maximum Gasteiger partial charge on any atom is 0.331 e. The van der Waals surface area contributed by atoms with Crippen molar-refractivity contribution in [3.05, 3.63) is 41.6 Å². The summed E-state index contributed by atoms with van der Waals surface area (Å²) in [6.45, 7) is 11.1. The van der Waals surface area contributed by atoms with Crippen LogP contribution in [0.5, 0.6) is 0 Å². The van der Waals surface area contributed by atoms with Crippen molar-refractivity contribution >= 4 is 34.4 Å². The first-order chi connectivity index (χ1) is 17.6. The number of hydrogen-bond donors (Lipinski definition) is 4. The highest BCUT2D eigenvalue weighted by atomic mass is 16.4. The SMILES string of the molecule is CNc1ccc2c(c1)c(C[C@@H](NC)C(=O)N[C@H](C(=O)N(C)[C@H](/C=C(\C)C(=O)O)C(C)C)C(C)(C)C)cn2C. The van der Waals surface area contributed by atoms with Crippen molar-refractivity contribution in [3.63, 3.8) is 0 Å². The van der Waals surface area contributed by atoms with E-state index in [-0.39, 0.29) is 23.3 Å². The Morgan fingerprint density at radius 3 is 2.29 bits per heavy atom. The number of rotatable bonds is 11. The minimum atomic E-state index is -1.02. The Labute approximate surface area is 226 Å². The van der Waals surface area contributed by atoms with Gasteiger partial charge in [0.1, 0.15) is 6.04 Å². The van der Waals surface area contributed by atoms with Gasteiger partial charge in [-0.2, -0.15) is 0 Å². The molecule has 0 bridgehead atoms. The monoisotopic (exact) mass is 527 g/mol. The largest absolute Gasteiger partial charge is 0.478 e. The molecule has 38 heavy (non-hydrogen) atoms. The number of nitrogens with one attached hydrogen (secondary N) is 3. The predicted molar refractivity (Wildman–Crippen MR) is 153 cm³/mol. The van der Waals surface area contributed by atoms with Gasteiger partial charge in [0, 0.05) is 49.5 Å². The molecule has 0 aliphatic carbocycles. The van der Waals surface area contributed by atoms with Crippen molar-refractivity contribution in [2.45, 2.75) is 66.1 Å². The van der Waals surface area contributed by atoms with Crippen molar-refractivity contribution in [2.24, 2.45) is 18.4 Å². The molecule has 1 aromatic carbocycles. The van der Waals surface area contributed by atoms with Crippen LogP contribution < -0.4 is 16.0 Å². The molecule has 0 fully saturated rings. The second kappa shape index (κ2) is 12.5. The number of aromatic nitrogens is 1. The average Bonchev–Trinajstić information content (AvgIpc) is 3.16. The van der Waals surface area contributed by atoms with Gasteiger partial charge in [0.15, 0.2) is 0 Å². The molecule has 2 amide bonds. The summed E-state index contributed by atoms with van der Waals surface area (Å²) < 4.78 is 2.05. The number of amides is 2. The van der Waals surface area contributed by atoms with Gasteiger partial charge < -0.3 is 30.5 Å². The van der Waals surface area contributed by atoms with Gasteiger partial charge in [-0.05, 0) is 55.5 Å². The zero-order valence-electron chi connectivity index (χ0n) is 24.5. The molecule has 0 saturated heterocycles. The van der Waals surface area contributed by atoms with E-state index in [1.165, 1.54) is 6.92 Å². The smallest absolute Gasteiger partial charge is 0.331 e. The second-order valence-corrected chi connectivity index (χ2v) is 11.4. The second-order valence-electron chi connectivity index (χ2n) is 11.4. The molecule has 0 radical (unpaired) electrons. The molecule has 9 heteroatoms. The third-order valence-corrected chi connectivity index (χ3v) is 7.09. The van der Waals surface area contributed by atoms with Crippen LogP contribution in [0.25, 0.3) is 10.9 Å². The first-order valence-electron chi connectivity index (χ1n) is 13.0. The van der Waals surface area contributed by atoms with Crippen LogP contribution >= 0.6 is 0 Å². The highest BCUT2D eigenvalue weighted by Gasteiger charge is 2.38. The number of aryl methyl sites for hydroxylation is 1. The topological polar surface area (TPSA) is 116 Å². The lowest BCUT2D eigenvalue weighted by Crippen LogP contribution is -2.59. The van der Waals surface area contributed by atoms with Crippen LogP contribution in [0.2, 0.25) is 0 Å². The third kappa shape index (κ3) is 7.16. The number of likely N-dealkylation sites (N-methyl/N-ethyl adjacent to an activating group) is 2. The van der Waals surface area contributed by atoms with Crippen molar-refractivity contribution in [3.8, 4) is 0 Å². The summed E-state index contributed by atoms with van der Waals surface area (Å²) >= 11 is 0. The fourth-order valence-electron chi connectivity index (χ4n) is 4.66. The van der Waals surface area contributed by atoms with Crippen molar-refractivity contribution in [2.75, 3.05) is 26.5 Å². The summed E-state index contributed by atoms with van der Waals surface area (Å²) in [6, 6.07) is 4.34. The maximum absolute atomic E-state index is 13.7. The van der Waals surface area contributed by atoms with E-state index < -0.39 is 29.5 Å². The standard InChI is InChI=1S/C29H45N5O4/c1-17(2)24(13-18(3)28(37)38)34(10)27(36)25(29(4,5)6)32-26(35)22(31-8)14-19-16-33(9)23-12-11-20(30-7)15-21(19)23/h11-13,15-17,22,24-25,30-31H,14H2,1-10H3,(H,32,35)(H,37,38)/b18-13+/t22-,24-,25-/m1/s1. The van der Waals surface area contributed by atoms with E-state index >= 15 is 0 Å². The van der Waals surface area contributed by atoms with E-state index in [0.717, 1.165) is 22.2 Å². The Kier molecular flexibility index (Phi) is 10.1. The number of carbonyl (C=O) groups is 3. The number of benzene rings is 1. The molecule has 0 aliphatic heterocycles. The number of fused-ring (bicyclic) bond motifs is 1. The fraction of sp³-hybridized carbons (Fsp3) is 0.552. The minimum Gasteiger partial charge on any atom is -0.478 e. The summed E-state index contributed by atoms with van der Waals surface area (Å²) in [5, 5.41) is 19.7. The van der Waals surface area contributed by atoms with Gasteiger partial charge in [0.05, 0.1) is 12.1 Å². The van der Waals surface area contributed by atoms with Crippen LogP contribution in [0.15, 0.2) is 36.0 Å². The van der Waals surface area contributed by atoms with Crippen LogP contribution in [0, 0.1) is 11.3 Å². The van der Waals surface area contributed by atoms with Crippen molar-refractivity contribution in [1.82, 2.24) is 20.1 Å². The summed E-state index contributed by atoms with van der Waals surface area (Å²) in [5.74, 6) is -1.58. The van der Waals surface area contributed by atoms with Crippen LogP contribution in [-0.4, -0.2) is 71.6 Å². The molecule has 0 unspecified atom stereocenters. The van der Waals surface area contributed by atoms with E-state index in [4.69, 9.17) is 0 Å². The molecule has 3 atom stereocenters. The minimum absolute atomic E-state index is 0.0199. The molecule has 2 rings (SSSR count). The van der Waals surface area contributed by atoms with E-state index in [2.05, 4.69) is 28.1 Å². The Morgan fingerprint density at radius 2 is 1.79 bits per heavy atom. The lowest BCUT2D eigenvalue weighted by Gasteiger charge is -2.38. The predicted octanol–water partition coefficient (Wildman–Crippen LogP) is 3.40. The number of anilines is 1. The molecule has 0 aliphatic rings. The van der Waals surface area contributed by atoms with Gasteiger partial charge in [-0.15, -0.1) is 0 Å². The number of carboxylic acid groups (broad SMARTS) is 1. The summed E-state index contributed by atoms with van der Waals surface area (Å²) in [6.07, 6.45) is 4.08. The first kappa shape index (κ1) is 30.9. The highest BCUT2D eigenvalue weighted by Crippen LogP contribution is 2.27. The Morgan fingerprint density at radius 1 is 1.16 bits per heavy atom. The van der Waals surface area contributed by atoms with Gasteiger partial charge in [0.2, 0.25) is 11.8 Å². The summed E-state index contributed by atoms with van der Waals surface area (Å²) in [4.78, 5) is 40.3. The highest BCUT2D eigenvalue weighted by molar-refractivity contribution is 5.92. The normalized spacial score (nSPS) is 14.8. The van der Waals surface area contributed by atoms with Gasteiger partial charge in [0.25, 0.3) is 0 Å². The number of carbonyl (C=O) groups excluding carboxylic acids is 2. The maximum atomic E-state index is 13.7. The lowest BCUT2D eigenvalue weighted by atomic mass is 9.84. The zero-order chi connectivity index (χ0) is 28.9. The van der Waals surface area contributed by atoms with Crippen LogP contribution in [0.3, 0.4) is 0 Å². The fourth-order valence-corrected chi connectivity index (χ4v) is 4.66. The number of carboxylic acids is 1. The van der Waals surface area contributed by atoms with Crippen LogP contribution in [-0.2, 0) is 27.9 Å². The number of hydrogen-bond acceptors (Lipinski definition) is 5. The van der Waals surface area contributed by atoms with Gasteiger partial charge in [-0.25, -0.2) is 4.79 Å². The first-order valence-corrected chi connectivity index (χ1v) is 13.0. The summed E-state index contributed by atoms with van der Waals surface area (Å²) in [5.41, 5.74) is 2.69. The molecule has 4 N–H and O–H groups in total. The molecule has 210 valence electrons. The Hall–Kier alpha value is -3.33. The molecule has 1 heterocycles. The molecular formula is C29H45N5O4. The number of nitrogens with zero attached hydrogens (tertiary/aromatic N) is 2. The Bertz CT molecular complexity index is 1190. The zero-order valence-corrected chi connectivity index (χ0v) is 24.5. The average molecular weight is 528 g/mol. The van der Waals surface area contributed by atoms with Crippen molar-refractivity contribution in [1.29, 1.82) is 0 Å². The van der Waals surface area contributed by atoms with Crippen LogP contribution in [0.1, 0.15) is 47.1 Å². The van der Waals surface area contributed by atoms with E-state index in [1.54, 1.807) is 25.1 Å². The molecule has 0 saturated carbocycles.